The Bertz CT molecular complexity index is 1410. The van der Waals surface area contributed by atoms with E-state index >= 15 is 0 Å². The second-order valence-electron chi connectivity index (χ2n) is 10.4. The first kappa shape index (κ1) is 30.9. The molecule has 8 heteroatoms. The highest BCUT2D eigenvalue weighted by molar-refractivity contribution is 7.92. The molecule has 0 heterocycles. The maximum absolute atomic E-state index is 14.0. The highest BCUT2D eigenvalue weighted by atomic mass is 32.2. The Kier molecular flexibility index (Phi) is 10.5. The number of anilines is 1. The maximum atomic E-state index is 14.0. The van der Waals surface area contributed by atoms with Crippen LogP contribution in [0.3, 0.4) is 0 Å². The van der Waals surface area contributed by atoms with Crippen LogP contribution in [0, 0.1) is 20.8 Å². The smallest absolute Gasteiger partial charge is 0.264 e. The first-order chi connectivity index (χ1) is 18.9. The predicted octanol–water partition coefficient (Wildman–Crippen LogP) is 5.18. The average molecular weight is 564 g/mol. The third kappa shape index (κ3) is 7.72. The van der Waals surface area contributed by atoms with Gasteiger partial charge in [-0.2, -0.15) is 0 Å². The molecule has 0 spiro atoms. The molecule has 0 aliphatic rings. The van der Waals surface area contributed by atoms with Crippen molar-refractivity contribution >= 4 is 27.5 Å². The van der Waals surface area contributed by atoms with E-state index in [0.717, 1.165) is 28.7 Å². The highest BCUT2D eigenvalue weighted by Gasteiger charge is 2.33. The first-order valence-corrected chi connectivity index (χ1v) is 15.2. The zero-order valence-electron chi connectivity index (χ0n) is 24.3. The molecule has 0 aliphatic carbocycles. The van der Waals surface area contributed by atoms with Gasteiger partial charge >= 0.3 is 0 Å². The van der Waals surface area contributed by atoms with Gasteiger partial charge in [-0.15, -0.1) is 0 Å². The van der Waals surface area contributed by atoms with Crippen molar-refractivity contribution in [2.75, 3.05) is 17.4 Å². The van der Waals surface area contributed by atoms with Crippen molar-refractivity contribution in [3.63, 3.8) is 0 Å². The van der Waals surface area contributed by atoms with Crippen LogP contribution in [0.5, 0.6) is 0 Å². The van der Waals surface area contributed by atoms with E-state index in [-0.39, 0.29) is 23.4 Å². The van der Waals surface area contributed by atoms with E-state index in [1.807, 2.05) is 77.1 Å². The minimum absolute atomic E-state index is 0.0466. The van der Waals surface area contributed by atoms with Crippen molar-refractivity contribution in [2.24, 2.45) is 0 Å². The molecular weight excluding hydrogens is 522 g/mol. The van der Waals surface area contributed by atoms with E-state index in [9.17, 15) is 18.0 Å². The molecule has 0 saturated heterocycles. The molecular formula is C32H41N3O4S. The Hall–Kier alpha value is -3.65. The van der Waals surface area contributed by atoms with Crippen LogP contribution in [0.25, 0.3) is 0 Å². The molecule has 3 rings (SSSR count). The summed E-state index contributed by atoms with van der Waals surface area (Å²) in [4.78, 5) is 28.7. The predicted molar refractivity (Wildman–Crippen MR) is 161 cm³/mol. The molecule has 2 atom stereocenters. The molecule has 0 radical (unpaired) electrons. The van der Waals surface area contributed by atoms with E-state index < -0.39 is 28.5 Å². The number of carbonyl (C=O) groups is 2. The summed E-state index contributed by atoms with van der Waals surface area (Å²) in [6.07, 6.45) is 1.29. The largest absolute Gasteiger partial charge is 0.352 e. The second-order valence-corrected chi connectivity index (χ2v) is 12.3. The van der Waals surface area contributed by atoms with Crippen LogP contribution in [0.2, 0.25) is 0 Å². The number of benzene rings is 3. The molecule has 7 nitrogen and oxygen atoms in total. The van der Waals surface area contributed by atoms with Crippen LogP contribution >= 0.6 is 0 Å². The number of aryl methyl sites for hydroxylation is 3. The first-order valence-electron chi connectivity index (χ1n) is 13.7. The van der Waals surface area contributed by atoms with Crippen LogP contribution in [0.15, 0.2) is 77.7 Å². The van der Waals surface area contributed by atoms with Gasteiger partial charge in [-0.05, 0) is 76.8 Å². The van der Waals surface area contributed by atoms with Crippen molar-refractivity contribution in [1.29, 1.82) is 0 Å². The third-order valence-corrected chi connectivity index (χ3v) is 8.94. The van der Waals surface area contributed by atoms with Gasteiger partial charge in [0.2, 0.25) is 11.8 Å². The molecule has 3 aromatic carbocycles. The summed E-state index contributed by atoms with van der Waals surface area (Å²) in [7, 11) is -4.09. The van der Waals surface area contributed by atoms with E-state index in [0.29, 0.717) is 12.1 Å². The zero-order valence-corrected chi connectivity index (χ0v) is 25.2. The van der Waals surface area contributed by atoms with Gasteiger partial charge in [-0.1, -0.05) is 72.6 Å². The number of carbonyl (C=O) groups excluding carboxylic acids is 2. The lowest BCUT2D eigenvalue weighted by molar-refractivity contribution is -0.139. The number of amides is 2. The Morgan fingerprint density at radius 3 is 2.10 bits per heavy atom. The number of hydrogen-bond donors (Lipinski definition) is 1. The summed E-state index contributed by atoms with van der Waals surface area (Å²) in [5.41, 5.74) is 4.11. The van der Waals surface area contributed by atoms with E-state index in [1.165, 1.54) is 9.21 Å². The van der Waals surface area contributed by atoms with Crippen LogP contribution < -0.4 is 9.62 Å². The monoisotopic (exact) mass is 563 g/mol. The molecule has 0 saturated carbocycles. The number of nitrogens with one attached hydrogen (secondary N) is 1. The second kappa shape index (κ2) is 13.6. The van der Waals surface area contributed by atoms with E-state index in [1.54, 1.807) is 37.3 Å². The van der Waals surface area contributed by atoms with Crippen LogP contribution in [-0.4, -0.2) is 50.3 Å². The molecule has 2 amide bonds. The molecule has 214 valence electrons. The van der Waals surface area contributed by atoms with Crippen LogP contribution in [0.1, 0.15) is 49.4 Å². The third-order valence-electron chi connectivity index (χ3n) is 7.16. The fourth-order valence-electron chi connectivity index (χ4n) is 4.47. The fourth-order valence-corrected chi connectivity index (χ4v) is 5.95. The fraction of sp³-hybridized carbons (Fsp3) is 0.375. The van der Waals surface area contributed by atoms with Gasteiger partial charge in [0.25, 0.3) is 10.0 Å². The number of rotatable bonds is 12. The van der Waals surface area contributed by atoms with E-state index in [2.05, 4.69) is 5.32 Å². The number of nitrogens with zero attached hydrogens (tertiary/aromatic N) is 2. The maximum Gasteiger partial charge on any atom is 0.264 e. The van der Waals surface area contributed by atoms with Crippen molar-refractivity contribution in [3.05, 3.63) is 95.1 Å². The van der Waals surface area contributed by atoms with Crippen LogP contribution in [0.4, 0.5) is 5.69 Å². The van der Waals surface area contributed by atoms with E-state index in [4.69, 9.17) is 0 Å². The van der Waals surface area contributed by atoms with Gasteiger partial charge in [-0.3, -0.25) is 13.9 Å². The summed E-state index contributed by atoms with van der Waals surface area (Å²) in [6.45, 7) is 11.1. The molecule has 1 N–H and O–H groups in total. The lowest BCUT2D eigenvalue weighted by Crippen LogP contribution is -2.53. The summed E-state index contributed by atoms with van der Waals surface area (Å²) in [5.74, 6) is -0.714. The van der Waals surface area contributed by atoms with Gasteiger partial charge in [0.15, 0.2) is 0 Å². The molecule has 0 fully saturated rings. The Morgan fingerprint density at radius 2 is 1.50 bits per heavy atom. The summed E-state index contributed by atoms with van der Waals surface area (Å²) >= 11 is 0. The molecule has 0 unspecified atom stereocenters. The van der Waals surface area contributed by atoms with Crippen LogP contribution in [-0.2, 0) is 26.0 Å². The normalized spacial score (nSPS) is 12.8. The molecule has 3 aromatic rings. The van der Waals surface area contributed by atoms with Gasteiger partial charge in [0.1, 0.15) is 12.6 Å². The number of hydrogen-bond acceptors (Lipinski definition) is 4. The summed E-state index contributed by atoms with van der Waals surface area (Å²) < 4.78 is 29.1. The summed E-state index contributed by atoms with van der Waals surface area (Å²) in [5, 5.41) is 2.96. The lowest BCUT2D eigenvalue weighted by atomic mass is 10.1. The molecule has 0 aliphatic heterocycles. The zero-order chi connectivity index (χ0) is 29.4. The Morgan fingerprint density at radius 1 is 0.875 bits per heavy atom. The lowest BCUT2D eigenvalue weighted by Gasteiger charge is -2.33. The van der Waals surface area contributed by atoms with Gasteiger partial charge < -0.3 is 10.2 Å². The van der Waals surface area contributed by atoms with Crippen molar-refractivity contribution in [1.82, 2.24) is 10.2 Å². The minimum atomic E-state index is -4.09. The highest BCUT2D eigenvalue weighted by Crippen LogP contribution is 2.28. The number of sulfonamides is 1. The van der Waals surface area contributed by atoms with Gasteiger partial charge in [0.05, 0.1) is 10.6 Å². The van der Waals surface area contributed by atoms with Crippen molar-refractivity contribution < 1.29 is 18.0 Å². The Labute approximate surface area is 239 Å². The Balaban J connectivity index is 2.01. The topological polar surface area (TPSA) is 86.8 Å². The van der Waals surface area contributed by atoms with Crippen molar-refractivity contribution in [3.8, 4) is 0 Å². The molecule has 40 heavy (non-hydrogen) atoms. The molecule has 0 aromatic heterocycles. The van der Waals surface area contributed by atoms with Crippen molar-refractivity contribution in [2.45, 2.75) is 71.4 Å². The minimum Gasteiger partial charge on any atom is -0.352 e. The molecule has 0 bridgehead atoms. The average Bonchev–Trinajstić information content (AvgIpc) is 2.92. The summed E-state index contributed by atoms with van der Waals surface area (Å²) in [6, 6.07) is 20.9. The SMILES string of the molecule is CC[C@H](C)NC(=O)[C@H](C)N(CCc1ccccc1)C(=O)CN(c1ccc(C)cc1C)S(=O)(=O)c1ccc(C)cc1. The van der Waals surface area contributed by atoms with Gasteiger partial charge in [-0.25, -0.2) is 8.42 Å². The quantitative estimate of drug-likeness (QED) is 0.329. The standard InChI is InChI=1S/C32H41N3O4S/c1-7-26(5)33-32(37)27(6)34(20-19-28-11-9-8-10-12-28)31(36)22-35(30-18-15-24(3)21-25(30)4)40(38,39)29-16-13-23(2)14-17-29/h8-18,21,26-27H,7,19-20,22H2,1-6H3,(H,33,37)/t26-,27-/m0/s1. The van der Waals surface area contributed by atoms with Gasteiger partial charge in [0, 0.05) is 12.6 Å².